The van der Waals surface area contributed by atoms with Gasteiger partial charge in [0.2, 0.25) is 0 Å². The smallest absolute Gasteiger partial charge is 0.133 e. The van der Waals surface area contributed by atoms with Gasteiger partial charge in [0.1, 0.15) is 11.6 Å². The molecule has 0 amide bonds. The minimum absolute atomic E-state index is 0.166. The molecule has 0 spiro atoms. The monoisotopic (exact) mass is 197 g/mol. The van der Waals surface area contributed by atoms with Gasteiger partial charge in [-0.15, -0.1) is 0 Å². The number of rotatable bonds is 3. The summed E-state index contributed by atoms with van der Waals surface area (Å²) in [6, 6.07) is 3.71. The molecule has 0 aromatic heterocycles. The van der Waals surface area contributed by atoms with Crippen LogP contribution >= 0.6 is 0 Å². The van der Waals surface area contributed by atoms with Gasteiger partial charge in [-0.05, 0) is 26.1 Å². The molecular formula is C11H13F2N. The molecule has 0 aliphatic carbocycles. The zero-order valence-electron chi connectivity index (χ0n) is 8.22. The summed E-state index contributed by atoms with van der Waals surface area (Å²) in [7, 11) is 1.82. The van der Waals surface area contributed by atoms with E-state index in [0.717, 1.165) is 6.07 Å². The molecule has 14 heavy (non-hydrogen) atoms. The molecule has 76 valence electrons. The Kier molecular flexibility index (Phi) is 3.77. The van der Waals surface area contributed by atoms with Crippen molar-refractivity contribution in [2.24, 2.45) is 0 Å². The number of hydrogen-bond acceptors (Lipinski definition) is 1. The molecule has 1 atom stereocenters. The summed E-state index contributed by atoms with van der Waals surface area (Å²) in [5, 5.41) is 2.98. The Labute approximate surface area is 82.4 Å². The Hall–Kier alpha value is -1.22. The third-order valence-electron chi connectivity index (χ3n) is 1.98. The lowest BCUT2D eigenvalue weighted by atomic mass is 10.1. The molecule has 0 aliphatic heterocycles. The second-order valence-corrected chi connectivity index (χ2v) is 3.10. The number of likely N-dealkylation sites (N-methyl/N-ethyl adjacent to an activating group) is 1. The molecule has 0 radical (unpaired) electrons. The molecule has 0 unspecified atom stereocenters. The summed E-state index contributed by atoms with van der Waals surface area (Å²) < 4.78 is 25.6. The van der Waals surface area contributed by atoms with Crippen molar-refractivity contribution < 1.29 is 8.78 Å². The van der Waals surface area contributed by atoms with Crippen molar-refractivity contribution in [2.45, 2.75) is 13.0 Å². The van der Waals surface area contributed by atoms with E-state index in [9.17, 15) is 8.78 Å². The molecule has 1 N–H and O–H groups in total. The Bertz CT molecular complexity index is 334. The first kappa shape index (κ1) is 10.9. The van der Waals surface area contributed by atoms with Crippen molar-refractivity contribution >= 4 is 6.08 Å². The van der Waals surface area contributed by atoms with Crippen LogP contribution in [0.25, 0.3) is 6.08 Å². The minimum atomic E-state index is -0.554. The molecule has 1 rings (SSSR count). The quantitative estimate of drug-likeness (QED) is 0.785. The number of hydrogen-bond donors (Lipinski definition) is 1. The minimum Gasteiger partial charge on any atom is -0.314 e. The zero-order valence-corrected chi connectivity index (χ0v) is 8.22. The molecule has 0 saturated heterocycles. The molecule has 0 saturated carbocycles. The zero-order chi connectivity index (χ0) is 10.6. The molecule has 1 aromatic rings. The van der Waals surface area contributed by atoms with Crippen LogP contribution in [-0.4, -0.2) is 13.1 Å². The Morgan fingerprint density at radius 1 is 1.36 bits per heavy atom. The third-order valence-corrected chi connectivity index (χ3v) is 1.98. The second-order valence-electron chi connectivity index (χ2n) is 3.10. The van der Waals surface area contributed by atoms with Gasteiger partial charge in [-0.3, -0.25) is 0 Å². The molecule has 3 heteroatoms. The third kappa shape index (κ3) is 2.92. The molecule has 0 aliphatic rings. The van der Waals surface area contributed by atoms with E-state index in [1.807, 2.05) is 20.0 Å². The summed E-state index contributed by atoms with van der Waals surface area (Å²) in [6.07, 6.45) is 3.45. The first-order valence-electron chi connectivity index (χ1n) is 4.44. The Balaban J connectivity index is 2.82. The van der Waals surface area contributed by atoms with Crippen LogP contribution in [-0.2, 0) is 0 Å². The van der Waals surface area contributed by atoms with Crippen LogP contribution < -0.4 is 5.32 Å². The van der Waals surface area contributed by atoms with E-state index in [0.29, 0.717) is 5.56 Å². The number of halogens is 2. The first-order valence-corrected chi connectivity index (χ1v) is 4.44. The van der Waals surface area contributed by atoms with E-state index in [-0.39, 0.29) is 6.04 Å². The summed E-state index contributed by atoms with van der Waals surface area (Å²) in [4.78, 5) is 0. The van der Waals surface area contributed by atoms with Gasteiger partial charge in [0.05, 0.1) is 0 Å². The predicted octanol–water partition coefficient (Wildman–Crippen LogP) is 2.59. The molecule has 0 fully saturated rings. The lowest BCUT2D eigenvalue weighted by Crippen LogP contribution is -2.17. The highest BCUT2D eigenvalue weighted by Gasteiger charge is 2.00. The van der Waals surface area contributed by atoms with Gasteiger partial charge < -0.3 is 5.32 Å². The highest BCUT2D eigenvalue weighted by atomic mass is 19.1. The van der Waals surface area contributed by atoms with Gasteiger partial charge in [-0.2, -0.15) is 0 Å². The molecule has 1 nitrogen and oxygen atoms in total. The van der Waals surface area contributed by atoms with Crippen LogP contribution in [0.2, 0.25) is 0 Å². The second kappa shape index (κ2) is 4.86. The predicted molar refractivity (Wildman–Crippen MR) is 53.9 cm³/mol. The lowest BCUT2D eigenvalue weighted by molar-refractivity contribution is 0.581. The summed E-state index contributed by atoms with van der Waals surface area (Å²) in [5.41, 5.74) is 0.397. The summed E-state index contributed by atoms with van der Waals surface area (Å²) >= 11 is 0. The number of benzene rings is 1. The summed E-state index contributed by atoms with van der Waals surface area (Å²) in [6.45, 7) is 1.94. The van der Waals surface area contributed by atoms with E-state index in [1.54, 1.807) is 6.08 Å². The first-order chi connectivity index (χ1) is 6.63. The van der Waals surface area contributed by atoms with E-state index in [2.05, 4.69) is 5.32 Å². The maximum atomic E-state index is 13.1. The fourth-order valence-corrected chi connectivity index (χ4v) is 0.981. The normalized spacial score (nSPS) is 13.4. The molecule has 1 aromatic carbocycles. The van der Waals surface area contributed by atoms with Crippen LogP contribution in [0.4, 0.5) is 8.78 Å². The van der Waals surface area contributed by atoms with Crippen molar-refractivity contribution in [3.8, 4) is 0 Å². The van der Waals surface area contributed by atoms with E-state index in [1.165, 1.54) is 12.1 Å². The van der Waals surface area contributed by atoms with Crippen molar-refractivity contribution in [1.82, 2.24) is 5.32 Å². The van der Waals surface area contributed by atoms with Crippen molar-refractivity contribution in [3.05, 3.63) is 41.5 Å². The van der Waals surface area contributed by atoms with Gasteiger partial charge in [0.25, 0.3) is 0 Å². The van der Waals surface area contributed by atoms with Crippen LogP contribution in [0.5, 0.6) is 0 Å². The van der Waals surface area contributed by atoms with Gasteiger partial charge in [-0.1, -0.05) is 12.2 Å². The number of nitrogens with one attached hydrogen (secondary N) is 1. The average molecular weight is 197 g/mol. The maximum absolute atomic E-state index is 13.1. The van der Waals surface area contributed by atoms with Crippen LogP contribution in [0, 0.1) is 11.6 Å². The largest absolute Gasteiger partial charge is 0.314 e. The van der Waals surface area contributed by atoms with Crippen molar-refractivity contribution in [2.75, 3.05) is 7.05 Å². The van der Waals surface area contributed by atoms with E-state index < -0.39 is 11.6 Å². The fraction of sp³-hybridized carbons (Fsp3) is 0.273. The van der Waals surface area contributed by atoms with Gasteiger partial charge >= 0.3 is 0 Å². The maximum Gasteiger partial charge on any atom is 0.133 e. The standard InChI is InChI=1S/C11H13F2N/c1-8(14-2)3-4-9-5-6-10(12)7-11(9)13/h3-8,14H,1-2H3/b4-3+/t8-/m0/s1. The van der Waals surface area contributed by atoms with Gasteiger partial charge in [-0.25, -0.2) is 8.78 Å². The Morgan fingerprint density at radius 3 is 2.64 bits per heavy atom. The topological polar surface area (TPSA) is 12.0 Å². The van der Waals surface area contributed by atoms with Gasteiger partial charge in [0.15, 0.2) is 0 Å². The highest BCUT2D eigenvalue weighted by Crippen LogP contribution is 2.11. The summed E-state index contributed by atoms with van der Waals surface area (Å²) in [5.74, 6) is -1.09. The molecule has 0 heterocycles. The van der Waals surface area contributed by atoms with Crippen molar-refractivity contribution in [3.63, 3.8) is 0 Å². The molecule has 0 bridgehead atoms. The molecular weight excluding hydrogens is 184 g/mol. The van der Waals surface area contributed by atoms with Crippen molar-refractivity contribution in [1.29, 1.82) is 0 Å². The van der Waals surface area contributed by atoms with Crippen LogP contribution in [0.15, 0.2) is 24.3 Å². The lowest BCUT2D eigenvalue weighted by Gasteiger charge is -2.02. The van der Waals surface area contributed by atoms with E-state index in [4.69, 9.17) is 0 Å². The van der Waals surface area contributed by atoms with E-state index >= 15 is 0 Å². The fourth-order valence-electron chi connectivity index (χ4n) is 0.981. The SMILES string of the molecule is CN[C@@H](C)/C=C/c1ccc(F)cc1F. The Morgan fingerprint density at radius 2 is 2.07 bits per heavy atom. The average Bonchev–Trinajstić information content (AvgIpc) is 2.16. The van der Waals surface area contributed by atoms with Gasteiger partial charge in [0, 0.05) is 17.7 Å². The highest BCUT2D eigenvalue weighted by molar-refractivity contribution is 5.50. The van der Waals surface area contributed by atoms with Crippen LogP contribution in [0.1, 0.15) is 12.5 Å². The van der Waals surface area contributed by atoms with Crippen LogP contribution in [0.3, 0.4) is 0 Å².